The summed E-state index contributed by atoms with van der Waals surface area (Å²) in [4.78, 5) is 42.0. The van der Waals surface area contributed by atoms with Gasteiger partial charge in [0, 0.05) is 12.6 Å². The molecule has 8 heteroatoms. The minimum absolute atomic E-state index is 0.0000649. The van der Waals surface area contributed by atoms with Crippen LogP contribution in [0.4, 0.5) is 0 Å². The molecule has 0 saturated carbocycles. The molecule has 3 N–H and O–H groups in total. The van der Waals surface area contributed by atoms with Crippen LogP contribution in [-0.4, -0.2) is 70.2 Å². The number of hydrogen-bond donors (Lipinski definition) is 3. The lowest BCUT2D eigenvalue weighted by atomic mass is 9.65. The molecule has 182 valence electrons. The van der Waals surface area contributed by atoms with Crippen LogP contribution in [0.1, 0.15) is 74.1 Å². The molecule has 3 fully saturated rings. The zero-order valence-electron chi connectivity index (χ0n) is 20.9. The molecule has 0 aromatic heterocycles. The van der Waals surface area contributed by atoms with Crippen molar-refractivity contribution in [1.82, 2.24) is 15.5 Å². The van der Waals surface area contributed by atoms with Crippen molar-refractivity contribution in [1.29, 1.82) is 0 Å². The molecule has 0 aliphatic carbocycles. The van der Waals surface area contributed by atoms with Gasteiger partial charge in [-0.05, 0) is 51.9 Å². The zero-order valence-corrected chi connectivity index (χ0v) is 20.9. The van der Waals surface area contributed by atoms with Crippen molar-refractivity contribution in [3.63, 3.8) is 0 Å². The first-order chi connectivity index (χ1) is 14.7. The highest BCUT2D eigenvalue weighted by molar-refractivity contribution is 5.99. The summed E-state index contributed by atoms with van der Waals surface area (Å²) in [6.45, 7) is 13.8. The van der Waals surface area contributed by atoms with Crippen LogP contribution in [0.15, 0.2) is 0 Å². The molecule has 3 aliphatic heterocycles. The number of carbonyl (C=O) groups is 3. The van der Waals surface area contributed by atoms with E-state index in [1.807, 2.05) is 20.8 Å². The normalized spacial score (nSPS) is 35.1. The van der Waals surface area contributed by atoms with Crippen LogP contribution >= 0.6 is 0 Å². The average molecular weight is 452 g/mol. The van der Waals surface area contributed by atoms with Gasteiger partial charge < -0.3 is 25.4 Å². The summed E-state index contributed by atoms with van der Waals surface area (Å²) in [6, 6.07) is -1.45. The number of carbonyl (C=O) groups excluding carboxylic acids is 3. The first-order valence-corrected chi connectivity index (χ1v) is 11.9. The number of nitrogens with one attached hydrogen (secondary N) is 2. The summed E-state index contributed by atoms with van der Waals surface area (Å²) in [6.07, 6.45) is 2.51. The molecule has 3 rings (SSSR count). The van der Waals surface area contributed by atoms with Gasteiger partial charge in [0.05, 0.1) is 30.1 Å². The Labute approximate surface area is 191 Å². The first kappa shape index (κ1) is 25.0. The van der Waals surface area contributed by atoms with Crippen LogP contribution in [-0.2, 0) is 19.1 Å². The van der Waals surface area contributed by atoms with E-state index in [1.54, 1.807) is 14.0 Å². The van der Waals surface area contributed by atoms with Crippen molar-refractivity contribution in [2.24, 2.45) is 17.3 Å². The highest BCUT2D eigenvalue weighted by Gasteiger charge is 2.79. The lowest BCUT2D eigenvalue weighted by Crippen LogP contribution is -2.61. The van der Waals surface area contributed by atoms with E-state index >= 15 is 0 Å². The molecule has 6 atom stereocenters. The Balaban J connectivity index is 2.05. The molecule has 2 bridgehead atoms. The van der Waals surface area contributed by atoms with Gasteiger partial charge >= 0.3 is 0 Å². The maximum Gasteiger partial charge on any atom is 0.246 e. The lowest BCUT2D eigenvalue weighted by Gasteiger charge is -2.39. The Morgan fingerprint density at radius 2 is 1.84 bits per heavy atom. The minimum Gasteiger partial charge on any atom is -0.394 e. The Hall–Kier alpha value is -1.67. The van der Waals surface area contributed by atoms with E-state index in [9.17, 15) is 19.5 Å². The first-order valence-electron chi connectivity index (χ1n) is 11.9. The SMILES string of the molecule is CC[C@@]12CCC3(O1)C(C(=O)NC(C)(C)CC(C)(C)C)N([C@H](C)CO)C(=O)[C@@H]3[C@@H]2C(=O)NC. The van der Waals surface area contributed by atoms with Crippen LogP contribution in [0, 0.1) is 17.3 Å². The third-order valence-electron chi connectivity index (χ3n) is 7.57. The summed E-state index contributed by atoms with van der Waals surface area (Å²) in [7, 11) is 1.57. The highest BCUT2D eigenvalue weighted by atomic mass is 16.5. The van der Waals surface area contributed by atoms with Gasteiger partial charge in [-0.3, -0.25) is 14.4 Å². The fraction of sp³-hybridized carbons (Fsp3) is 0.875. The summed E-state index contributed by atoms with van der Waals surface area (Å²) in [5.74, 6) is -2.15. The third kappa shape index (κ3) is 3.73. The maximum absolute atomic E-state index is 13.8. The Kier molecular flexibility index (Phi) is 6.22. The number of aliphatic hydroxyl groups excluding tert-OH is 1. The summed E-state index contributed by atoms with van der Waals surface area (Å²) < 4.78 is 6.63. The zero-order chi connectivity index (χ0) is 24.3. The van der Waals surface area contributed by atoms with Gasteiger partial charge in [-0.1, -0.05) is 27.7 Å². The number of ether oxygens (including phenoxy) is 1. The van der Waals surface area contributed by atoms with Gasteiger partial charge in [0.15, 0.2) is 0 Å². The van der Waals surface area contributed by atoms with E-state index in [-0.39, 0.29) is 29.7 Å². The number of nitrogens with zero attached hydrogens (tertiary/aromatic N) is 1. The molecule has 3 saturated heterocycles. The number of likely N-dealkylation sites (tertiary alicyclic amines) is 1. The van der Waals surface area contributed by atoms with Crippen molar-refractivity contribution in [3.05, 3.63) is 0 Å². The summed E-state index contributed by atoms with van der Waals surface area (Å²) >= 11 is 0. The smallest absolute Gasteiger partial charge is 0.246 e. The monoisotopic (exact) mass is 451 g/mol. The molecule has 0 aromatic carbocycles. The van der Waals surface area contributed by atoms with Crippen molar-refractivity contribution < 1.29 is 24.2 Å². The molecular weight excluding hydrogens is 410 g/mol. The quantitative estimate of drug-likeness (QED) is 0.545. The second-order valence-corrected chi connectivity index (χ2v) is 11.8. The van der Waals surface area contributed by atoms with Crippen LogP contribution in [0.25, 0.3) is 0 Å². The van der Waals surface area contributed by atoms with Gasteiger partial charge in [-0.15, -0.1) is 0 Å². The van der Waals surface area contributed by atoms with Crippen molar-refractivity contribution >= 4 is 17.7 Å². The van der Waals surface area contributed by atoms with Crippen molar-refractivity contribution in [2.45, 2.75) is 103 Å². The predicted molar refractivity (Wildman–Crippen MR) is 121 cm³/mol. The van der Waals surface area contributed by atoms with E-state index in [2.05, 4.69) is 31.4 Å². The lowest BCUT2D eigenvalue weighted by molar-refractivity contribution is -0.151. The molecule has 1 spiro atoms. The molecule has 3 amide bonds. The van der Waals surface area contributed by atoms with Crippen molar-refractivity contribution in [3.8, 4) is 0 Å². The molecule has 3 heterocycles. The predicted octanol–water partition coefficient (Wildman–Crippen LogP) is 1.60. The molecule has 3 aliphatic rings. The van der Waals surface area contributed by atoms with Gasteiger partial charge in [0.2, 0.25) is 17.7 Å². The third-order valence-corrected chi connectivity index (χ3v) is 7.57. The Bertz CT molecular complexity index is 791. The van der Waals surface area contributed by atoms with Crippen molar-refractivity contribution in [2.75, 3.05) is 13.7 Å². The fourth-order valence-electron chi connectivity index (χ4n) is 6.84. The maximum atomic E-state index is 13.8. The number of rotatable bonds is 7. The summed E-state index contributed by atoms with van der Waals surface area (Å²) in [5, 5.41) is 15.8. The Morgan fingerprint density at radius 1 is 1.22 bits per heavy atom. The highest BCUT2D eigenvalue weighted by Crippen LogP contribution is 2.64. The number of fused-ring (bicyclic) bond motifs is 1. The number of hydrogen-bond acceptors (Lipinski definition) is 5. The molecular formula is C24H41N3O5. The van der Waals surface area contributed by atoms with Crippen LogP contribution in [0.5, 0.6) is 0 Å². The minimum atomic E-state index is -1.06. The fourth-order valence-corrected chi connectivity index (χ4v) is 6.84. The molecule has 0 aromatic rings. The molecule has 0 radical (unpaired) electrons. The number of amides is 3. The largest absolute Gasteiger partial charge is 0.394 e. The van der Waals surface area contributed by atoms with E-state index in [0.29, 0.717) is 19.3 Å². The summed E-state index contributed by atoms with van der Waals surface area (Å²) in [5.41, 5.74) is -2.30. The second-order valence-electron chi connectivity index (χ2n) is 11.8. The van der Waals surface area contributed by atoms with E-state index < -0.39 is 40.7 Å². The van der Waals surface area contributed by atoms with Crippen LogP contribution in [0.3, 0.4) is 0 Å². The molecule has 32 heavy (non-hydrogen) atoms. The van der Waals surface area contributed by atoms with Gasteiger partial charge in [0.1, 0.15) is 11.6 Å². The van der Waals surface area contributed by atoms with E-state index in [0.717, 1.165) is 6.42 Å². The van der Waals surface area contributed by atoms with Crippen LogP contribution in [0.2, 0.25) is 0 Å². The van der Waals surface area contributed by atoms with Crippen LogP contribution < -0.4 is 10.6 Å². The average Bonchev–Trinajstić information content (AvgIpc) is 3.28. The van der Waals surface area contributed by atoms with Gasteiger partial charge in [-0.2, -0.15) is 0 Å². The van der Waals surface area contributed by atoms with E-state index in [4.69, 9.17) is 4.74 Å². The topological polar surface area (TPSA) is 108 Å². The van der Waals surface area contributed by atoms with Gasteiger partial charge in [-0.25, -0.2) is 0 Å². The van der Waals surface area contributed by atoms with E-state index in [1.165, 1.54) is 4.90 Å². The van der Waals surface area contributed by atoms with Gasteiger partial charge in [0.25, 0.3) is 0 Å². The Morgan fingerprint density at radius 3 is 2.34 bits per heavy atom. The second kappa shape index (κ2) is 7.97. The standard InChI is InChI=1S/C24H41N3O5/c1-9-23-10-11-24(32-23)16(15(23)18(29)25-8)20(31)27(14(2)12-28)17(24)19(30)26-22(6,7)13-21(3,4)5/h14-17,28H,9-13H2,1-8H3,(H,25,29)(H,26,30)/t14-,15-,16+,17?,23+,24?/m1/s1. The number of aliphatic hydroxyl groups is 1. The molecule has 8 nitrogen and oxygen atoms in total. The molecule has 2 unspecified atom stereocenters.